The molecule has 2 aromatic rings. The normalized spacial score (nSPS) is 12.7. The minimum absolute atomic E-state index is 0.0315. The van der Waals surface area contributed by atoms with Crippen LogP contribution in [0.15, 0.2) is 42.6 Å². The van der Waals surface area contributed by atoms with Gasteiger partial charge < -0.3 is 15.6 Å². The average molecular weight is 327 g/mol. The lowest BCUT2D eigenvalue weighted by molar-refractivity contribution is -0.116. The van der Waals surface area contributed by atoms with Crippen molar-refractivity contribution in [1.29, 1.82) is 0 Å². The molecule has 0 saturated heterocycles. The summed E-state index contributed by atoms with van der Waals surface area (Å²) in [4.78, 5) is 27.0. The van der Waals surface area contributed by atoms with Gasteiger partial charge >= 0.3 is 0 Å². The number of amides is 2. The summed E-state index contributed by atoms with van der Waals surface area (Å²) in [5.74, 6) is -0.165. The Hall–Kier alpha value is -2.56. The van der Waals surface area contributed by atoms with Gasteiger partial charge in [0, 0.05) is 29.2 Å². The maximum atomic E-state index is 12.4. The van der Waals surface area contributed by atoms with E-state index < -0.39 is 0 Å². The molecule has 0 spiro atoms. The molecule has 3 N–H and O–H groups in total. The average Bonchev–Trinajstić information content (AvgIpc) is 2.95. The highest BCUT2D eigenvalue weighted by molar-refractivity contribution is 6.06. The summed E-state index contributed by atoms with van der Waals surface area (Å²) in [7, 11) is 0. The van der Waals surface area contributed by atoms with Crippen molar-refractivity contribution in [2.45, 2.75) is 45.7 Å². The van der Waals surface area contributed by atoms with E-state index in [1.165, 1.54) is 0 Å². The van der Waals surface area contributed by atoms with Gasteiger partial charge in [-0.25, -0.2) is 0 Å². The van der Waals surface area contributed by atoms with E-state index in [4.69, 9.17) is 0 Å². The summed E-state index contributed by atoms with van der Waals surface area (Å²) in [6.07, 6.45) is 6.64. The van der Waals surface area contributed by atoms with Crippen LogP contribution in [0, 0.1) is 0 Å². The first-order valence-corrected chi connectivity index (χ1v) is 8.31. The Morgan fingerprint density at radius 1 is 1.17 bits per heavy atom. The maximum absolute atomic E-state index is 12.4. The highest BCUT2D eigenvalue weighted by Crippen LogP contribution is 2.17. The number of nitrogens with one attached hydrogen (secondary N) is 3. The van der Waals surface area contributed by atoms with Crippen molar-refractivity contribution in [3.8, 4) is 0 Å². The fourth-order valence-electron chi connectivity index (χ4n) is 2.50. The molecule has 1 aromatic heterocycles. The van der Waals surface area contributed by atoms with Crippen LogP contribution in [0.5, 0.6) is 0 Å². The van der Waals surface area contributed by atoms with Gasteiger partial charge in [-0.1, -0.05) is 24.3 Å². The molecule has 128 valence electrons. The first kappa shape index (κ1) is 17.8. The summed E-state index contributed by atoms with van der Waals surface area (Å²) in [5.41, 5.74) is 1.61. The standard InChI is InChI=1S/C19H25N3O2/c1-13(2)21-18(23)11-7-4-8-14(3)22-19(24)16-12-20-17-10-6-5-9-15(16)17/h5-7,9-14,20H,4,8H2,1-3H3,(H,21,23)(H,22,24)/b11-7+. The molecule has 0 aliphatic carbocycles. The third-order valence-electron chi connectivity index (χ3n) is 3.68. The maximum Gasteiger partial charge on any atom is 0.253 e. The second-order valence-corrected chi connectivity index (χ2v) is 6.27. The number of benzene rings is 1. The van der Waals surface area contributed by atoms with Gasteiger partial charge in [0.2, 0.25) is 5.91 Å². The number of hydrogen-bond acceptors (Lipinski definition) is 2. The van der Waals surface area contributed by atoms with Crippen LogP contribution in [0.4, 0.5) is 0 Å². The van der Waals surface area contributed by atoms with Crippen LogP contribution in [-0.2, 0) is 4.79 Å². The minimum atomic E-state index is -0.0829. The lowest BCUT2D eigenvalue weighted by atomic mass is 10.1. The first-order chi connectivity index (χ1) is 11.5. The zero-order valence-corrected chi connectivity index (χ0v) is 14.4. The summed E-state index contributed by atoms with van der Waals surface area (Å²) in [5, 5.41) is 6.72. The van der Waals surface area contributed by atoms with Gasteiger partial charge in [0.15, 0.2) is 0 Å². The van der Waals surface area contributed by atoms with Gasteiger partial charge in [0.1, 0.15) is 0 Å². The van der Waals surface area contributed by atoms with Gasteiger partial charge in [0.25, 0.3) is 5.91 Å². The van der Waals surface area contributed by atoms with E-state index >= 15 is 0 Å². The zero-order valence-electron chi connectivity index (χ0n) is 14.4. The third-order valence-corrected chi connectivity index (χ3v) is 3.68. The van der Waals surface area contributed by atoms with Crippen molar-refractivity contribution in [3.63, 3.8) is 0 Å². The Kier molecular flexibility index (Phi) is 6.18. The molecule has 0 fully saturated rings. The number of hydrogen-bond donors (Lipinski definition) is 3. The van der Waals surface area contributed by atoms with Gasteiger partial charge in [-0.2, -0.15) is 0 Å². The van der Waals surface area contributed by atoms with E-state index in [1.54, 1.807) is 12.3 Å². The summed E-state index contributed by atoms with van der Waals surface area (Å²) < 4.78 is 0. The van der Waals surface area contributed by atoms with Crippen LogP contribution in [-0.4, -0.2) is 28.9 Å². The Morgan fingerprint density at radius 3 is 2.67 bits per heavy atom. The van der Waals surface area contributed by atoms with E-state index in [-0.39, 0.29) is 23.9 Å². The smallest absolute Gasteiger partial charge is 0.253 e. The topological polar surface area (TPSA) is 74.0 Å². The summed E-state index contributed by atoms with van der Waals surface area (Å²) in [6, 6.07) is 7.90. The fraction of sp³-hybridized carbons (Fsp3) is 0.368. The molecule has 5 nitrogen and oxygen atoms in total. The number of rotatable bonds is 7. The van der Waals surface area contributed by atoms with Crippen molar-refractivity contribution < 1.29 is 9.59 Å². The van der Waals surface area contributed by atoms with Crippen molar-refractivity contribution in [3.05, 3.63) is 48.2 Å². The van der Waals surface area contributed by atoms with Crippen molar-refractivity contribution in [1.82, 2.24) is 15.6 Å². The number of allylic oxidation sites excluding steroid dienone is 1. The van der Waals surface area contributed by atoms with Crippen LogP contribution < -0.4 is 10.6 Å². The number of fused-ring (bicyclic) bond motifs is 1. The lowest BCUT2D eigenvalue weighted by Crippen LogP contribution is -2.32. The monoisotopic (exact) mass is 327 g/mol. The van der Waals surface area contributed by atoms with Gasteiger partial charge in [-0.05, 0) is 45.8 Å². The highest BCUT2D eigenvalue weighted by Gasteiger charge is 2.13. The van der Waals surface area contributed by atoms with Crippen molar-refractivity contribution in [2.75, 3.05) is 0 Å². The summed E-state index contributed by atoms with van der Waals surface area (Å²) in [6.45, 7) is 5.82. The number of para-hydroxylation sites is 1. The SMILES string of the molecule is CC(C)NC(=O)/C=C/CCC(C)NC(=O)c1c[nH]c2ccccc12. The predicted molar refractivity (Wildman–Crippen MR) is 96.9 cm³/mol. The zero-order chi connectivity index (χ0) is 17.5. The predicted octanol–water partition coefficient (Wildman–Crippen LogP) is 3.15. The molecule has 2 amide bonds. The van der Waals surface area contributed by atoms with Crippen LogP contribution in [0.3, 0.4) is 0 Å². The molecule has 0 aliphatic rings. The first-order valence-electron chi connectivity index (χ1n) is 8.31. The number of aromatic nitrogens is 1. The Bertz CT molecular complexity index is 731. The highest BCUT2D eigenvalue weighted by atomic mass is 16.2. The molecule has 1 aromatic carbocycles. The Balaban J connectivity index is 1.82. The van der Waals surface area contributed by atoms with Crippen LogP contribution in [0.2, 0.25) is 0 Å². The molecular formula is C19H25N3O2. The number of aromatic amines is 1. The molecule has 0 saturated carbocycles. The third kappa shape index (κ3) is 4.98. The second kappa shape index (κ2) is 8.34. The number of carbonyl (C=O) groups is 2. The molecule has 0 radical (unpaired) electrons. The van der Waals surface area contributed by atoms with Crippen LogP contribution >= 0.6 is 0 Å². The van der Waals surface area contributed by atoms with Crippen molar-refractivity contribution >= 4 is 22.7 Å². The van der Waals surface area contributed by atoms with E-state index in [0.29, 0.717) is 5.56 Å². The fourth-order valence-corrected chi connectivity index (χ4v) is 2.50. The molecule has 0 bridgehead atoms. The van der Waals surface area contributed by atoms with Crippen LogP contribution in [0.1, 0.15) is 44.0 Å². The van der Waals surface area contributed by atoms with Gasteiger partial charge in [-0.3, -0.25) is 9.59 Å². The minimum Gasteiger partial charge on any atom is -0.360 e. The number of H-pyrrole nitrogens is 1. The molecule has 0 aliphatic heterocycles. The quantitative estimate of drug-likeness (QED) is 0.684. The molecule has 1 heterocycles. The number of carbonyl (C=O) groups excluding carboxylic acids is 2. The van der Waals surface area contributed by atoms with Crippen molar-refractivity contribution in [2.24, 2.45) is 0 Å². The van der Waals surface area contributed by atoms with Gasteiger partial charge in [-0.15, -0.1) is 0 Å². The molecule has 1 unspecified atom stereocenters. The molecule has 2 rings (SSSR count). The van der Waals surface area contributed by atoms with E-state index in [2.05, 4.69) is 15.6 Å². The van der Waals surface area contributed by atoms with E-state index in [1.807, 2.05) is 51.1 Å². The lowest BCUT2D eigenvalue weighted by Gasteiger charge is -2.12. The van der Waals surface area contributed by atoms with E-state index in [0.717, 1.165) is 23.7 Å². The summed E-state index contributed by atoms with van der Waals surface area (Å²) >= 11 is 0. The Labute approximate surface area is 142 Å². The molecule has 5 heteroatoms. The largest absolute Gasteiger partial charge is 0.360 e. The van der Waals surface area contributed by atoms with Crippen LogP contribution in [0.25, 0.3) is 10.9 Å². The molecule has 24 heavy (non-hydrogen) atoms. The molecular weight excluding hydrogens is 302 g/mol. The van der Waals surface area contributed by atoms with Gasteiger partial charge in [0.05, 0.1) is 5.56 Å². The van der Waals surface area contributed by atoms with E-state index in [9.17, 15) is 9.59 Å². The molecule has 1 atom stereocenters. The second-order valence-electron chi connectivity index (χ2n) is 6.27. The Morgan fingerprint density at radius 2 is 1.92 bits per heavy atom.